The zero-order valence-electron chi connectivity index (χ0n) is 16.3. The molecule has 1 amide bonds. The number of rotatable bonds is 3. The molecular formula is C21H14ClF3N4O2S. The SMILES string of the molecule is O=C(c1nc2c(C(F)(F)F)cc(-c3ccoc3)cn2c1Cl)N1CC=C(c2cscn2)CC1. The molecule has 6 nitrogen and oxygen atoms in total. The Labute approximate surface area is 188 Å². The predicted octanol–water partition coefficient (Wildman–Crippen LogP) is 5.65. The van der Waals surface area contributed by atoms with E-state index in [9.17, 15) is 18.0 Å². The highest BCUT2D eigenvalue weighted by Crippen LogP contribution is 2.37. The Hall–Kier alpha value is -3.11. The van der Waals surface area contributed by atoms with Crippen molar-refractivity contribution in [2.24, 2.45) is 0 Å². The van der Waals surface area contributed by atoms with Crippen molar-refractivity contribution < 1.29 is 22.4 Å². The predicted molar refractivity (Wildman–Crippen MR) is 114 cm³/mol. The number of nitrogens with zero attached hydrogens (tertiary/aromatic N) is 4. The van der Waals surface area contributed by atoms with Gasteiger partial charge in [-0.15, -0.1) is 11.3 Å². The van der Waals surface area contributed by atoms with E-state index in [4.69, 9.17) is 16.0 Å². The Balaban J connectivity index is 1.54. The van der Waals surface area contributed by atoms with Gasteiger partial charge in [0, 0.05) is 35.8 Å². The largest absolute Gasteiger partial charge is 0.472 e. The first-order chi connectivity index (χ1) is 15.3. The van der Waals surface area contributed by atoms with Crippen LogP contribution in [0.2, 0.25) is 5.15 Å². The van der Waals surface area contributed by atoms with E-state index in [1.807, 2.05) is 11.5 Å². The first-order valence-corrected chi connectivity index (χ1v) is 10.8. The van der Waals surface area contributed by atoms with E-state index in [0.717, 1.165) is 21.7 Å². The topological polar surface area (TPSA) is 63.6 Å². The Morgan fingerprint density at radius 2 is 2.12 bits per heavy atom. The van der Waals surface area contributed by atoms with Crippen molar-refractivity contribution in [3.8, 4) is 11.1 Å². The van der Waals surface area contributed by atoms with Crippen LogP contribution in [0.5, 0.6) is 0 Å². The van der Waals surface area contributed by atoms with Gasteiger partial charge in [0.2, 0.25) is 0 Å². The van der Waals surface area contributed by atoms with Gasteiger partial charge >= 0.3 is 6.18 Å². The summed E-state index contributed by atoms with van der Waals surface area (Å²) in [6.45, 7) is 0.682. The summed E-state index contributed by atoms with van der Waals surface area (Å²) in [5.74, 6) is -0.523. The van der Waals surface area contributed by atoms with E-state index < -0.39 is 23.3 Å². The van der Waals surface area contributed by atoms with Crippen LogP contribution < -0.4 is 0 Å². The molecule has 0 N–H and O–H groups in total. The number of thiazole rings is 1. The van der Waals surface area contributed by atoms with Crippen LogP contribution >= 0.6 is 22.9 Å². The number of hydrogen-bond donors (Lipinski definition) is 0. The smallest absolute Gasteiger partial charge is 0.420 e. The number of hydrogen-bond acceptors (Lipinski definition) is 5. The molecule has 1 aliphatic heterocycles. The summed E-state index contributed by atoms with van der Waals surface area (Å²) in [6, 6.07) is 2.51. The first-order valence-electron chi connectivity index (χ1n) is 9.51. The van der Waals surface area contributed by atoms with Crippen molar-refractivity contribution in [2.45, 2.75) is 12.6 Å². The molecule has 11 heteroatoms. The second-order valence-electron chi connectivity index (χ2n) is 7.20. The third-order valence-corrected chi connectivity index (χ3v) is 6.23. The van der Waals surface area contributed by atoms with E-state index in [2.05, 4.69) is 9.97 Å². The Morgan fingerprint density at radius 3 is 2.75 bits per heavy atom. The number of furan rings is 1. The molecule has 0 radical (unpaired) electrons. The number of carbonyl (C=O) groups excluding carboxylic acids is 1. The highest BCUT2D eigenvalue weighted by molar-refractivity contribution is 7.07. The first kappa shape index (κ1) is 20.8. The zero-order valence-corrected chi connectivity index (χ0v) is 17.8. The van der Waals surface area contributed by atoms with E-state index in [0.29, 0.717) is 25.1 Å². The third kappa shape index (κ3) is 3.59. The fourth-order valence-electron chi connectivity index (χ4n) is 3.66. The summed E-state index contributed by atoms with van der Waals surface area (Å²) in [6.07, 6.45) is 1.89. The van der Waals surface area contributed by atoms with Gasteiger partial charge in [0.05, 0.1) is 29.3 Å². The minimum atomic E-state index is -4.69. The molecule has 0 aromatic carbocycles. The van der Waals surface area contributed by atoms with Crippen LogP contribution in [0.15, 0.2) is 52.2 Å². The van der Waals surface area contributed by atoms with Crippen molar-refractivity contribution in [2.75, 3.05) is 13.1 Å². The summed E-state index contributed by atoms with van der Waals surface area (Å²) in [5.41, 5.74) is 2.70. The summed E-state index contributed by atoms with van der Waals surface area (Å²) < 4.78 is 47.4. The molecule has 5 heterocycles. The van der Waals surface area contributed by atoms with Gasteiger partial charge in [-0.1, -0.05) is 17.7 Å². The van der Waals surface area contributed by atoms with Gasteiger partial charge in [0.15, 0.2) is 11.3 Å². The molecule has 1 aliphatic rings. The van der Waals surface area contributed by atoms with E-state index >= 15 is 0 Å². The van der Waals surface area contributed by atoms with Gasteiger partial charge in [-0.05, 0) is 24.1 Å². The average molecular weight is 479 g/mol. The molecule has 0 fully saturated rings. The number of imidazole rings is 1. The van der Waals surface area contributed by atoms with Crippen LogP contribution in [0, 0.1) is 0 Å². The van der Waals surface area contributed by atoms with Crippen molar-refractivity contribution in [1.82, 2.24) is 19.3 Å². The molecule has 0 saturated heterocycles. The molecule has 0 unspecified atom stereocenters. The molecule has 32 heavy (non-hydrogen) atoms. The number of aromatic nitrogens is 3. The maximum absolute atomic E-state index is 13.8. The number of amides is 1. The van der Waals surface area contributed by atoms with Crippen LogP contribution in [-0.2, 0) is 6.18 Å². The van der Waals surface area contributed by atoms with Crippen LogP contribution in [0.25, 0.3) is 22.3 Å². The lowest BCUT2D eigenvalue weighted by Crippen LogP contribution is -2.35. The van der Waals surface area contributed by atoms with Gasteiger partial charge in [-0.2, -0.15) is 13.2 Å². The average Bonchev–Trinajstić information content (AvgIpc) is 3.54. The van der Waals surface area contributed by atoms with Crippen LogP contribution in [0.3, 0.4) is 0 Å². The number of fused-ring (bicyclic) bond motifs is 1. The third-order valence-electron chi connectivity index (χ3n) is 5.28. The fourth-order valence-corrected chi connectivity index (χ4v) is 4.48. The second-order valence-corrected chi connectivity index (χ2v) is 8.28. The van der Waals surface area contributed by atoms with E-state index in [1.165, 1.54) is 41.0 Å². The van der Waals surface area contributed by atoms with Crippen molar-refractivity contribution >= 4 is 40.1 Å². The number of pyridine rings is 1. The lowest BCUT2D eigenvalue weighted by molar-refractivity contribution is -0.136. The number of halogens is 4. The normalized spacial score (nSPS) is 14.8. The minimum Gasteiger partial charge on any atom is -0.472 e. The second kappa shape index (κ2) is 7.79. The van der Waals surface area contributed by atoms with Gasteiger partial charge in [0.1, 0.15) is 5.15 Å². The minimum absolute atomic E-state index is 0.171. The highest BCUT2D eigenvalue weighted by atomic mass is 35.5. The lowest BCUT2D eigenvalue weighted by Gasteiger charge is -2.25. The molecule has 0 saturated carbocycles. The molecule has 4 aromatic heterocycles. The monoisotopic (exact) mass is 478 g/mol. The van der Waals surface area contributed by atoms with Crippen molar-refractivity contribution in [3.63, 3.8) is 0 Å². The van der Waals surface area contributed by atoms with Gasteiger partial charge in [-0.25, -0.2) is 9.97 Å². The van der Waals surface area contributed by atoms with Crippen LogP contribution in [0.1, 0.15) is 28.2 Å². The quantitative estimate of drug-likeness (QED) is 0.381. The summed E-state index contributed by atoms with van der Waals surface area (Å²) >= 11 is 7.86. The van der Waals surface area contributed by atoms with E-state index in [1.54, 1.807) is 5.51 Å². The molecule has 0 bridgehead atoms. The molecule has 4 aromatic rings. The van der Waals surface area contributed by atoms with Gasteiger partial charge in [0.25, 0.3) is 5.91 Å². The van der Waals surface area contributed by atoms with Crippen molar-refractivity contribution in [3.05, 3.63) is 69.9 Å². The summed E-state index contributed by atoms with van der Waals surface area (Å²) in [5, 5.41) is 1.76. The van der Waals surface area contributed by atoms with Crippen molar-refractivity contribution in [1.29, 1.82) is 0 Å². The fraction of sp³-hybridized carbons (Fsp3) is 0.190. The van der Waals surface area contributed by atoms with Gasteiger partial charge < -0.3 is 9.32 Å². The summed E-state index contributed by atoms with van der Waals surface area (Å²) in [4.78, 5) is 22.9. The molecule has 0 aliphatic carbocycles. The molecular weight excluding hydrogens is 465 g/mol. The highest BCUT2D eigenvalue weighted by Gasteiger charge is 2.36. The maximum atomic E-state index is 13.8. The van der Waals surface area contributed by atoms with Gasteiger partial charge in [-0.3, -0.25) is 9.20 Å². The number of carbonyl (C=O) groups is 1. The van der Waals surface area contributed by atoms with E-state index in [-0.39, 0.29) is 16.4 Å². The van der Waals surface area contributed by atoms with Crippen LogP contribution in [0.4, 0.5) is 13.2 Å². The zero-order chi connectivity index (χ0) is 22.5. The Bertz CT molecular complexity index is 1330. The molecule has 5 rings (SSSR count). The number of alkyl halides is 3. The molecule has 0 atom stereocenters. The Kier molecular flexibility index (Phi) is 5.06. The maximum Gasteiger partial charge on any atom is 0.420 e. The molecule has 0 spiro atoms. The van der Waals surface area contributed by atoms with Crippen LogP contribution in [-0.4, -0.2) is 38.3 Å². The standard InChI is InChI=1S/C21H14ClF3N4O2S/c22-18-17(20(30)28-4-1-12(2-5-28)16-10-32-11-26-16)27-19-15(21(23,24)25)7-14(8-29(18)19)13-3-6-31-9-13/h1,3,6-11H,2,4-5H2. The molecule has 164 valence electrons. The Morgan fingerprint density at radius 1 is 1.28 bits per heavy atom. The lowest BCUT2D eigenvalue weighted by atomic mass is 10.1. The summed E-state index contributed by atoms with van der Waals surface area (Å²) in [7, 11) is 0.